The highest BCUT2D eigenvalue weighted by Gasteiger charge is 2.35. The third kappa shape index (κ3) is 1.96. The van der Waals surface area contributed by atoms with Crippen molar-refractivity contribution in [2.45, 2.75) is 27.3 Å². The standard InChI is InChI=1S/C15H17N2OS/c1-10-4-5-13(11(2)8-10)14-9-19-15-16(12(3)18)6-7-17(14)15/h4-5,8-9H,6-7H2,1-3H3/q+1. The van der Waals surface area contributed by atoms with Crippen LogP contribution in [0.4, 0.5) is 5.13 Å². The molecule has 1 amide bonds. The van der Waals surface area contributed by atoms with E-state index in [1.807, 2.05) is 4.90 Å². The Morgan fingerprint density at radius 3 is 2.84 bits per heavy atom. The average Bonchev–Trinajstić information content (AvgIpc) is 2.90. The third-order valence-corrected chi connectivity index (χ3v) is 4.61. The fraction of sp³-hybridized carbons (Fsp3) is 0.333. The third-order valence-electron chi connectivity index (χ3n) is 3.61. The van der Waals surface area contributed by atoms with Gasteiger partial charge in [0.1, 0.15) is 18.8 Å². The van der Waals surface area contributed by atoms with Crippen molar-refractivity contribution in [3.63, 3.8) is 0 Å². The lowest BCUT2D eigenvalue weighted by molar-refractivity contribution is -0.656. The summed E-state index contributed by atoms with van der Waals surface area (Å²) in [5.74, 6) is 0.125. The molecule has 0 unspecified atom stereocenters. The van der Waals surface area contributed by atoms with Crippen LogP contribution in [-0.4, -0.2) is 12.5 Å². The molecule has 1 aliphatic rings. The molecule has 3 rings (SSSR count). The van der Waals surface area contributed by atoms with Crippen LogP contribution in [0, 0.1) is 13.8 Å². The van der Waals surface area contributed by atoms with Gasteiger partial charge in [-0.1, -0.05) is 35.1 Å². The van der Waals surface area contributed by atoms with E-state index in [1.165, 1.54) is 22.4 Å². The Hall–Kier alpha value is -1.68. The summed E-state index contributed by atoms with van der Waals surface area (Å²) in [6.45, 7) is 7.57. The molecule has 0 fully saturated rings. The molecule has 2 aromatic rings. The Morgan fingerprint density at radius 2 is 2.16 bits per heavy atom. The van der Waals surface area contributed by atoms with Gasteiger partial charge in [0.2, 0.25) is 0 Å². The van der Waals surface area contributed by atoms with Crippen LogP contribution in [0.2, 0.25) is 0 Å². The number of nitrogens with zero attached hydrogens (tertiary/aromatic N) is 2. The first-order valence-electron chi connectivity index (χ1n) is 6.45. The molecule has 0 saturated heterocycles. The summed E-state index contributed by atoms with van der Waals surface area (Å²) in [5, 5.41) is 3.21. The zero-order valence-corrected chi connectivity index (χ0v) is 12.3. The molecule has 0 saturated carbocycles. The highest BCUT2D eigenvalue weighted by molar-refractivity contribution is 7.13. The Labute approximate surface area is 117 Å². The van der Waals surface area contributed by atoms with Crippen molar-refractivity contribution >= 4 is 22.4 Å². The predicted octanol–water partition coefficient (Wildman–Crippen LogP) is 2.69. The highest BCUT2D eigenvalue weighted by Crippen LogP contribution is 2.30. The van der Waals surface area contributed by atoms with E-state index in [9.17, 15) is 4.79 Å². The summed E-state index contributed by atoms with van der Waals surface area (Å²) >= 11 is 1.65. The van der Waals surface area contributed by atoms with Gasteiger partial charge < -0.3 is 0 Å². The molecule has 4 heteroatoms. The number of fused-ring (bicyclic) bond motifs is 1. The zero-order chi connectivity index (χ0) is 13.6. The lowest BCUT2D eigenvalue weighted by Crippen LogP contribution is -2.31. The highest BCUT2D eigenvalue weighted by atomic mass is 32.1. The van der Waals surface area contributed by atoms with Crippen LogP contribution in [0.1, 0.15) is 18.1 Å². The van der Waals surface area contributed by atoms with E-state index in [0.29, 0.717) is 0 Å². The summed E-state index contributed by atoms with van der Waals surface area (Å²) in [5.41, 5.74) is 5.05. The van der Waals surface area contributed by atoms with E-state index >= 15 is 0 Å². The largest absolute Gasteiger partial charge is 0.344 e. The molecular formula is C15H17N2OS+. The number of rotatable bonds is 1. The number of aryl methyl sites for hydroxylation is 2. The molecule has 1 aromatic heterocycles. The number of carbonyl (C=O) groups is 1. The molecule has 1 aliphatic heterocycles. The number of benzene rings is 1. The maximum atomic E-state index is 11.6. The number of aromatic nitrogens is 1. The molecule has 98 valence electrons. The van der Waals surface area contributed by atoms with Gasteiger partial charge in [-0.3, -0.25) is 0 Å². The summed E-state index contributed by atoms with van der Waals surface area (Å²) in [7, 11) is 0. The van der Waals surface area contributed by atoms with Gasteiger partial charge in [-0.25, -0.2) is 9.36 Å². The average molecular weight is 273 g/mol. The van der Waals surface area contributed by atoms with E-state index in [0.717, 1.165) is 18.2 Å². The van der Waals surface area contributed by atoms with Crippen LogP contribution < -0.4 is 9.47 Å². The number of hydrogen-bond acceptors (Lipinski definition) is 2. The van der Waals surface area contributed by atoms with Gasteiger partial charge >= 0.3 is 11.0 Å². The van der Waals surface area contributed by atoms with Gasteiger partial charge in [0.25, 0.3) is 0 Å². The van der Waals surface area contributed by atoms with Crippen molar-refractivity contribution in [1.82, 2.24) is 0 Å². The number of amides is 1. The number of hydrogen-bond donors (Lipinski definition) is 0. The van der Waals surface area contributed by atoms with Crippen molar-refractivity contribution in [2.75, 3.05) is 11.4 Å². The van der Waals surface area contributed by atoms with Gasteiger partial charge in [0.15, 0.2) is 0 Å². The quantitative estimate of drug-likeness (QED) is 0.733. The zero-order valence-electron chi connectivity index (χ0n) is 11.4. The van der Waals surface area contributed by atoms with E-state index in [-0.39, 0.29) is 5.91 Å². The van der Waals surface area contributed by atoms with E-state index in [2.05, 4.69) is 42.0 Å². The normalized spacial score (nSPS) is 13.7. The van der Waals surface area contributed by atoms with E-state index < -0.39 is 0 Å². The molecule has 0 bridgehead atoms. The fourth-order valence-electron chi connectivity index (χ4n) is 2.66. The first kappa shape index (κ1) is 12.4. The van der Waals surface area contributed by atoms with Gasteiger partial charge in [-0.2, -0.15) is 4.90 Å². The second-order valence-electron chi connectivity index (χ2n) is 5.04. The second kappa shape index (κ2) is 4.46. The molecular weight excluding hydrogens is 256 g/mol. The van der Waals surface area contributed by atoms with Crippen molar-refractivity contribution in [1.29, 1.82) is 0 Å². The summed E-state index contributed by atoms with van der Waals surface area (Å²) < 4.78 is 2.25. The molecule has 2 heterocycles. The van der Waals surface area contributed by atoms with Crippen molar-refractivity contribution in [2.24, 2.45) is 0 Å². The van der Waals surface area contributed by atoms with Gasteiger partial charge in [0, 0.05) is 17.9 Å². The SMILES string of the molecule is CC(=O)N1CC[n+]2c(-c3ccc(C)cc3C)csc21. The number of carbonyl (C=O) groups excluding carboxylic acids is 1. The summed E-state index contributed by atoms with van der Waals surface area (Å²) in [6, 6.07) is 6.53. The van der Waals surface area contributed by atoms with Crippen LogP contribution in [-0.2, 0) is 11.3 Å². The van der Waals surface area contributed by atoms with Crippen molar-refractivity contribution in [3.05, 3.63) is 34.7 Å². The topological polar surface area (TPSA) is 24.2 Å². The predicted molar refractivity (Wildman–Crippen MR) is 77.5 cm³/mol. The Kier molecular flexibility index (Phi) is 2.90. The molecule has 0 spiro atoms. The molecule has 0 radical (unpaired) electrons. The maximum absolute atomic E-state index is 11.6. The van der Waals surface area contributed by atoms with Crippen molar-refractivity contribution < 1.29 is 9.36 Å². The second-order valence-corrected chi connectivity index (χ2v) is 5.88. The minimum atomic E-state index is 0.125. The molecule has 0 aliphatic carbocycles. The van der Waals surface area contributed by atoms with Crippen LogP contribution in [0.25, 0.3) is 11.3 Å². The first-order chi connectivity index (χ1) is 9.08. The van der Waals surface area contributed by atoms with Gasteiger partial charge in [-0.15, -0.1) is 0 Å². The first-order valence-corrected chi connectivity index (χ1v) is 7.33. The molecule has 3 nitrogen and oxygen atoms in total. The Morgan fingerprint density at radius 1 is 1.37 bits per heavy atom. The summed E-state index contributed by atoms with van der Waals surface area (Å²) in [4.78, 5) is 13.4. The number of thiazole rings is 1. The van der Waals surface area contributed by atoms with E-state index in [1.54, 1.807) is 18.3 Å². The van der Waals surface area contributed by atoms with E-state index in [4.69, 9.17) is 0 Å². The maximum Gasteiger partial charge on any atom is 0.344 e. The van der Waals surface area contributed by atoms with Gasteiger partial charge in [-0.05, 0) is 19.4 Å². The van der Waals surface area contributed by atoms with Crippen LogP contribution in [0.5, 0.6) is 0 Å². The smallest absolute Gasteiger partial charge is 0.247 e. The van der Waals surface area contributed by atoms with Crippen molar-refractivity contribution in [3.8, 4) is 11.3 Å². The lowest BCUT2D eigenvalue weighted by Gasteiger charge is -2.04. The molecule has 0 N–H and O–H groups in total. The van der Waals surface area contributed by atoms with Crippen LogP contribution >= 0.6 is 11.3 Å². The monoisotopic (exact) mass is 273 g/mol. The molecule has 19 heavy (non-hydrogen) atoms. The minimum Gasteiger partial charge on any atom is -0.247 e. The van der Waals surface area contributed by atoms with Gasteiger partial charge in [0.05, 0.1) is 0 Å². The molecule has 0 atom stereocenters. The number of anilines is 1. The minimum absolute atomic E-state index is 0.125. The Bertz CT molecular complexity index is 660. The molecule has 1 aromatic carbocycles. The fourth-order valence-corrected chi connectivity index (χ4v) is 3.80. The Balaban J connectivity index is 2.09. The van der Waals surface area contributed by atoms with Crippen LogP contribution in [0.15, 0.2) is 23.6 Å². The van der Waals surface area contributed by atoms with Crippen LogP contribution in [0.3, 0.4) is 0 Å². The lowest BCUT2D eigenvalue weighted by atomic mass is 10.0. The summed E-state index contributed by atoms with van der Waals surface area (Å²) in [6.07, 6.45) is 0.